The second-order valence-electron chi connectivity index (χ2n) is 7.72. The molecule has 3 rings (SSSR count). The molecule has 0 unspecified atom stereocenters. The van der Waals surface area contributed by atoms with E-state index in [1.807, 2.05) is 31.3 Å². The predicted molar refractivity (Wildman–Crippen MR) is 126 cm³/mol. The number of amides is 1. The first-order chi connectivity index (χ1) is 15.5. The number of aryl methyl sites for hydroxylation is 1. The number of carbonyl (C=O) groups is 2. The van der Waals surface area contributed by atoms with E-state index in [2.05, 4.69) is 31.1 Å². The van der Waals surface area contributed by atoms with Gasteiger partial charge in [0.2, 0.25) is 0 Å². The average Bonchev–Trinajstić information content (AvgIpc) is 3.28. The third kappa shape index (κ3) is 5.25. The fourth-order valence-corrected chi connectivity index (χ4v) is 3.46. The van der Waals surface area contributed by atoms with Gasteiger partial charge in [-0.05, 0) is 55.7 Å². The molecule has 1 amide bonds. The summed E-state index contributed by atoms with van der Waals surface area (Å²) in [6.45, 7) is 7.01. The van der Waals surface area contributed by atoms with Crippen molar-refractivity contribution >= 4 is 11.9 Å². The molecular weight excluding hydrogens is 402 g/mol. The van der Waals surface area contributed by atoms with Gasteiger partial charge in [0.25, 0.3) is 5.91 Å². The third-order valence-electron chi connectivity index (χ3n) is 5.40. The van der Waals surface area contributed by atoms with Crippen molar-refractivity contribution in [2.75, 3.05) is 20.2 Å². The summed E-state index contributed by atoms with van der Waals surface area (Å²) in [5.74, 6) is -0.463. The van der Waals surface area contributed by atoms with Crippen LogP contribution in [-0.4, -0.2) is 46.8 Å². The average molecular weight is 434 g/mol. The first-order valence-electron chi connectivity index (χ1n) is 11.2. The van der Waals surface area contributed by atoms with Gasteiger partial charge in [0.15, 0.2) is 5.69 Å². The molecule has 0 aliphatic rings. The highest BCUT2D eigenvalue weighted by Gasteiger charge is 2.18. The summed E-state index contributed by atoms with van der Waals surface area (Å²) in [4.78, 5) is 26.7. The number of ether oxygens (including phenoxy) is 1. The topological polar surface area (TPSA) is 64.4 Å². The van der Waals surface area contributed by atoms with Gasteiger partial charge < -0.3 is 9.64 Å². The maximum Gasteiger partial charge on any atom is 0.358 e. The molecule has 6 heteroatoms. The Labute approximate surface area is 189 Å². The molecule has 0 bridgehead atoms. The van der Waals surface area contributed by atoms with Crippen LogP contribution in [0.1, 0.15) is 60.0 Å². The number of hydrogen-bond acceptors (Lipinski definition) is 4. The van der Waals surface area contributed by atoms with Crippen molar-refractivity contribution in [2.24, 2.45) is 0 Å². The lowest BCUT2D eigenvalue weighted by Crippen LogP contribution is -2.27. The highest BCUT2D eigenvalue weighted by molar-refractivity contribution is 5.94. The zero-order valence-corrected chi connectivity index (χ0v) is 19.3. The number of rotatable bonds is 9. The van der Waals surface area contributed by atoms with Gasteiger partial charge in [-0.25, -0.2) is 9.48 Å². The Morgan fingerprint density at radius 3 is 2.28 bits per heavy atom. The number of hydrogen-bond donors (Lipinski definition) is 0. The van der Waals surface area contributed by atoms with Crippen molar-refractivity contribution in [2.45, 2.75) is 40.0 Å². The highest BCUT2D eigenvalue weighted by atomic mass is 16.5. The lowest BCUT2D eigenvalue weighted by atomic mass is 10.1. The first-order valence-corrected chi connectivity index (χ1v) is 11.2. The summed E-state index contributed by atoms with van der Waals surface area (Å²) in [5, 5.41) is 4.51. The molecule has 168 valence electrons. The maximum absolute atomic E-state index is 12.7. The van der Waals surface area contributed by atoms with E-state index in [0.29, 0.717) is 5.56 Å². The molecule has 0 aliphatic heterocycles. The van der Waals surface area contributed by atoms with Gasteiger partial charge in [0, 0.05) is 24.7 Å². The molecule has 32 heavy (non-hydrogen) atoms. The van der Waals surface area contributed by atoms with Crippen LogP contribution in [0.15, 0.2) is 54.6 Å². The molecule has 1 aromatic heterocycles. The predicted octanol–water partition coefficient (Wildman–Crippen LogP) is 5.15. The molecule has 0 aliphatic carbocycles. The Balaban J connectivity index is 1.96. The van der Waals surface area contributed by atoms with E-state index in [1.165, 1.54) is 5.56 Å². The van der Waals surface area contributed by atoms with Crippen molar-refractivity contribution in [3.8, 4) is 16.9 Å². The van der Waals surface area contributed by atoms with Crippen molar-refractivity contribution < 1.29 is 14.3 Å². The minimum atomic E-state index is -0.456. The van der Waals surface area contributed by atoms with Crippen molar-refractivity contribution in [3.63, 3.8) is 0 Å². The summed E-state index contributed by atoms with van der Waals surface area (Å²) in [7, 11) is 1.82. The van der Waals surface area contributed by atoms with Gasteiger partial charge >= 0.3 is 5.97 Å². The van der Waals surface area contributed by atoms with Crippen molar-refractivity contribution in [1.82, 2.24) is 14.7 Å². The zero-order chi connectivity index (χ0) is 23.1. The molecule has 3 aromatic rings. The lowest BCUT2D eigenvalue weighted by molar-refractivity contribution is 0.0518. The lowest BCUT2D eigenvalue weighted by Gasteiger charge is -2.17. The monoisotopic (exact) mass is 433 g/mol. The summed E-state index contributed by atoms with van der Waals surface area (Å²) in [5.41, 5.74) is 4.61. The number of benzene rings is 2. The van der Waals surface area contributed by atoms with Crippen LogP contribution in [-0.2, 0) is 11.2 Å². The summed E-state index contributed by atoms with van der Waals surface area (Å²) in [6.07, 6.45) is 2.97. The largest absolute Gasteiger partial charge is 0.461 e. The zero-order valence-electron chi connectivity index (χ0n) is 19.3. The molecule has 1 heterocycles. The van der Waals surface area contributed by atoms with Crippen LogP contribution in [0.25, 0.3) is 16.9 Å². The van der Waals surface area contributed by atoms with Crippen molar-refractivity contribution in [1.29, 1.82) is 0 Å². The molecular formula is C26H31N3O3. The standard InChI is InChI=1S/C26H31N3O3/c1-5-8-17-28(4)25(30)21-13-15-22(16-14-21)29-24(18-23(27-29)26(31)32-7-3)20-11-9-19(6-2)10-12-20/h9-16,18H,5-8,17H2,1-4H3. The number of carbonyl (C=O) groups excluding carboxylic acids is 2. The molecule has 0 radical (unpaired) electrons. The number of unbranched alkanes of at least 4 members (excludes halogenated alkanes) is 1. The van der Waals surface area contributed by atoms with Gasteiger partial charge in [-0.2, -0.15) is 5.10 Å². The van der Waals surface area contributed by atoms with E-state index in [0.717, 1.165) is 42.8 Å². The van der Waals surface area contributed by atoms with E-state index in [1.54, 1.807) is 34.7 Å². The van der Waals surface area contributed by atoms with Crippen LogP contribution >= 0.6 is 0 Å². The minimum Gasteiger partial charge on any atom is -0.461 e. The molecule has 2 aromatic carbocycles. The first kappa shape index (κ1) is 23.3. The molecule has 0 saturated carbocycles. The second kappa shape index (κ2) is 10.8. The molecule has 6 nitrogen and oxygen atoms in total. The van der Waals surface area contributed by atoms with E-state index < -0.39 is 5.97 Å². The summed E-state index contributed by atoms with van der Waals surface area (Å²) < 4.78 is 6.87. The van der Waals surface area contributed by atoms with E-state index in [9.17, 15) is 9.59 Å². The fourth-order valence-electron chi connectivity index (χ4n) is 3.46. The molecule has 0 spiro atoms. The summed E-state index contributed by atoms with van der Waals surface area (Å²) >= 11 is 0. The Morgan fingerprint density at radius 1 is 1.00 bits per heavy atom. The number of esters is 1. The Hall–Kier alpha value is -3.41. The number of nitrogens with zero attached hydrogens (tertiary/aromatic N) is 3. The molecule has 0 fully saturated rings. The molecule has 0 saturated heterocycles. The third-order valence-corrected chi connectivity index (χ3v) is 5.40. The number of aromatic nitrogens is 2. The SMILES string of the molecule is CCCCN(C)C(=O)c1ccc(-n2nc(C(=O)OCC)cc2-c2ccc(CC)cc2)cc1. The second-order valence-corrected chi connectivity index (χ2v) is 7.72. The van der Waals surface area contributed by atoms with E-state index >= 15 is 0 Å². The highest BCUT2D eigenvalue weighted by Crippen LogP contribution is 2.25. The fraction of sp³-hybridized carbons (Fsp3) is 0.346. The van der Waals surface area contributed by atoms with Crippen LogP contribution in [0.5, 0.6) is 0 Å². The Kier molecular flexibility index (Phi) is 7.82. The van der Waals surface area contributed by atoms with Crippen LogP contribution < -0.4 is 0 Å². The van der Waals surface area contributed by atoms with Gasteiger partial charge in [-0.15, -0.1) is 0 Å². The Morgan fingerprint density at radius 2 is 1.69 bits per heavy atom. The summed E-state index contributed by atoms with van der Waals surface area (Å²) in [6, 6.07) is 17.3. The minimum absolute atomic E-state index is 0.00643. The Bertz CT molecular complexity index is 1050. The van der Waals surface area contributed by atoms with Crippen molar-refractivity contribution in [3.05, 3.63) is 71.4 Å². The van der Waals surface area contributed by atoms with Gasteiger partial charge in [0.1, 0.15) is 0 Å². The van der Waals surface area contributed by atoms with Gasteiger partial charge in [-0.1, -0.05) is 44.5 Å². The van der Waals surface area contributed by atoms with Crippen LogP contribution in [0, 0.1) is 0 Å². The van der Waals surface area contributed by atoms with E-state index in [-0.39, 0.29) is 18.2 Å². The maximum atomic E-state index is 12.7. The van der Waals surface area contributed by atoms with Crippen LogP contribution in [0.4, 0.5) is 0 Å². The normalized spacial score (nSPS) is 10.8. The van der Waals surface area contributed by atoms with Crippen LogP contribution in [0.3, 0.4) is 0 Å². The van der Waals surface area contributed by atoms with Crippen LogP contribution in [0.2, 0.25) is 0 Å². The molecule has 0 N–H and O–H groups in total. The van der Waals surface area contributed by atoms with Gasteiger partial charge in [-0.3, -0.25) is 4.79 Å². The molecule has 0 atom stereocenters. The smallest absolute Gasteiger partial charge is 0.358 e. The quantitative estimate of drug-likeness (QED) is 0.438. The van der Waals surface area contributed by atoms with E-state index in [4.69, 9.17) is 4.74 Å². The van der Waals surface area contributed by atoms with Gasteiger partial charge in [0.05, 0.1) is 18.0 Å².